The number of amides is 1. The van der Waals surface area contributed by atoms with Gasteiger partial charge in [0.15, 0.2) is 11.5 Å². The van der Waals surface area contributed by atoms with Crippen LogP contribution >= 0.6 is 0 Å². The van der Waals surface area contributed by atoms with Crippen molar-refractivity contribution in [3.8, 4) is 22.9 Å². The summed E-state index contributed by atoms with van der Waals surface area (Å²) in [6.45, 7) is 2.63. The molecule has 1 aliphatic heterocycles. The Kier molecular flexibility index (Phi) is 5.61. The lowest BCUT2D eigenvalue weighted by atomic mass is 9.86. The molecular weight excluding hydrogens is 382 g/mol. The molecule has 156 valence electrons. The van der Waals surface area contributed by atoms with E-state index in [0.717, 1.165) is 29.0 Å². The van der Waals surface area contributed by atoms with Gasteiger partial charge < -0.3 is 19.5 Å². The molecule has 2 aromatic carbocycles. The maximum Gasteiger partial charge on any atom is 0.226 e. The van der Waals surface area contributed by atoms with E-state index >= 15 is 0 Å². The first-order valence-corrected chi connectivity index (χ1v) is 9.98. The number of hydrogen-bond donors (Lipinski definition) is 1. The second-order valence-corrected chi connectivity index (χ2v) is 7.09. The van der Waals surface area contributed by atoms with Gasteiger partial charge in [0.1, 0.15) is 11.6 Å². The van der Waals surface area contributed by atoms with Crippen LogP contribution in [0, 0.1) is 0 Å². The number of aromatic nitrogens is 2. The molecule has 7 nitrogen and oxygen atoms in total. The summed E-state index contributed by atoms with van der Waals surface area (Å²) in [6.07, 6.45) is 3.01. The molecule has 1 amide bonds. The van der Waals surface area contributed by atoms with Crippen molar-refractivity contribution in [2.45, 2.75) is 25.7 Å². The molecule has 0 saturated heterocycles. The highest BCUT2D eigenvalue weighted by atomic mass is 16.5. The van der Waals surface area contributed by atoms with Gasteiger partial charge >= 0.3 is 0 Å². The van der Waals surface area contributed by atoms with Gasteiger partial charge in [-0.2, -0.15) is 5.10 Å². The molecule has 0 spiro atoms. The Morgan fingerprint density at radius 1 is 1.10 bits per heavy atom. The van der Waals surface area contributed by atoms with Gasteiger partial charge in [-0.15, -0.1) is 0 Å². The van der Waals surface area contributed by atoms with Crippen molar-refractivity contribution in [2.75, 3.05) is 26.1 Å². The number of benzene rings is 2. The zero-order valence-electron chi connectivity index (χ0n) is 17.3. The third-order valence-electron chi connectivity index (χ3n) is 5.19. The third kappa shape index (κ3) is 3.58. The summed E-state index contributed by atoms with van der Waals surface area (Å²) in [7, 11) is 3.25. The second-order valence-electron chi connectivity index (χ2n) is 7.09. The number of anilines is 1. The van der Waals surface area contributed by atoms with E-state index in [1.54, 1.807) is 18.9 Å². The average Bonchev–Trinajstić information content (AvgIpc) is 3.20. The highest BCUT2D eigenvalue weighted by Gasteiger charge is 2.33. The quantitative estimate of drug-likeness (QED) is 0.637. The van der Waals surface area contributed by atoms with Crippen molar-refractivity contribution < 1.29 is 19.0 Å². The van der Waals surface area contributed by atoms with Gasteiger partial charge in [-0.1, -0.05) is 19.1 Å². The topological polar surface area (TPSA) is 74.6 Å². The van der Waals surface area contributed by atoms with Crippen LogP contribution < -0.4 is 19.5 Å². The number of ether oxygens (including phenoxy) is 3. The van der Waals surface area contributed by atoms with Crippen LogP contribution in [-0.4, -0.2) is 36.5 Å². The standard InChI is InChI=1S/C23H25N3O4/c1-4-12-30-22-17(6-5-7-20(22)29-3)18-13-21(27)25-23-19(18)14-24-26(23)15-8-10-16(28-2)11-9-15/h5-11,14,18H,4,12-13H2,1-3H3,(H,25,27). The molecule has 30 heavy (non-hydrogen) atoms. The Morgan fingerprint density at radius 3 is 2.60 bits per heavy atom. The van der Waals surface area contributed by atoms with E-state index in [2.05, 4.69) is 17.3 Å². The molecule has 1 aliphatic rings. The van der Waals surface area contributed by atoms with Gasteiger partial charge in [-0.3, -0.25) is 4.79 Å². The minimum Gasteiger partial charge on any atom is -0.497 e. The second kappa shape index (κ2) is 8.49. The Bertz CT molecular complexity index is 1040. The number of carbonyl (C=O) groups excluding carboxylic acids is 1. The van der Waals surface area contributed by atoms with Crippen LogP contribution in [0.15, 0.2) is 48.7 Å². The first kappa shape index (κ1) is 19.8. The van der Waals surface area contributed by atoms with Crippen molar-refractivity contribution in [3.05, 3.63) is 59.8 Å². The number of nitrogens with one attached hydrogen (secondary N) is 1. The Labute approximate surface area is 175 Å². The van der Waals surface area contributed by atoms with Crippen LogP contribution in [0.4, 0.5) is 5.82 Å². The van der Waals surface area contributed by atoms with E-state index in [4.69, 9.17) is 14.2 Å². The molecule has 4 rings (SSSR count). The highest BCUT2D eigenvalue weighted by molar-refractivity contribution is 5.95. The van der Waals surface area contributed by atoms with Crippen molar-refractivity contribution in [1.29, 1.82) is 0 Å². The Morgan fingerprint density at radius 2 is 1.90 bits per heavy atom. The molecular formula is C23H25N3O4. The van der Waals surface area contributed by atoms with Crippen LogP contribution in [-0.2, 0) is 4.79 Å². The SMILES string of the molecule is CCCOc1c(OC)cccc1C1CC(=O)Nc2c1cnn2-c1ccc(OC)cc1. The van der Waals surface area contributed by atoms with Gasteiger partial charge in [0, 0.05) is 23.5 Å². The molecule has 3 aromatic rings. The Balaban J connectivity index is 1.78. The minimum atomic E-state index is -0.178. The van der Waals surface area contributed by atoms with Crippen LogP contribution in [0.1, 0.15) is 36.8 Å². The van der Waals surface area contributed by atoms with E-state index in [1.807, 2.05) is 48.7 Å². The van der Waals surface area contributed by atoms with Crippen molar-refractivity contribution in [2.24, 2.45) is 0 Å². The van der Waals surface area contributed by atoms with Crippen molar-refractivity contribution in [1.82, 2.24) is 9.78 Å². The molecule has 0 radical (unpaired) electrons. The summed E-state index contributed by atoms with van der Waals surface area (Å²) < 4.78 is 18.5. The zero-order chi connectivity index (χ0) is 21.1. The van der Waals surface area contributed by atoms with Gasteiger partial charge in [0.2, 0.25) is 5.91 Å². The van der Waals surface area contributed by atoms with E-state index in [9.17, 15) is 4.79 Å². The number of nitrogens with zero attached hydrogens (tertiary/aromatic N) is 2. The summed E-state index contributed by atoms with van der Waals surface area (Å²) in [4.78, 5) is 12.6. The fraction of sp³-hybridized carbons (Fsp3) is 0.304. The lowest BCUT2D eigenvalue weighted by Crippen LogP contribution is -2.25. The molecule has 1 N–H and O–H groups in total. The van der Waals surface area contributed by atoms with Gasteiger partial charge in [-0.05, 0) is 36.8 Å². The number of rotatable bonds is 7. The molecule has 0 fully saturated rings. The van der Waals surface area contributed by atoms with Crippen LogP contribution in [0.3, 0.4) is 0 Å². The lowest BCUT2D eigenvalue weighted by Gasteiger charge is -2.26. The molecule has 1 atom stereocenters. The summed E-state index contributed by atoms with van der Waals surface area (Å²) in [5.41, 5.74) is 2.71. The predicted octanol–water partition coefficient (Wildman–Crippen LogP) is 4.15. The number of para-hydroxylation sites is 1. The fourth-order valence-corrected chi connectivity index (χ4v) is 3.74. The normalized spacial score (nSPS) is 15.3. The number of fused-ring (bicyclic) bond motifs is 1. The molecule has 0 aliphatic carbocycles. The van der Waals surface area contributed by atoms with Crippen LogP contribution in [0.5, 0.6) is 17.2 Å². The third-order valence-corrected chi connectivity index (χ3v) is 5.19. The molecule has 7 heteroatoms. The zero-order valence-corrected chi connectivity index (χ0v) is 17.3. The van der Waals surface area contributed by atoms with Gasteiger partial charge in [0.25, 0.3) is 0 Å². The average molecular weight is 407 g/mol. The molecule has 2 heterocycles. The summed E-state index contributed by atoms with van der Waals surface area (Å²) >= 11 is 0. The summed E-state index contributed by atoms with van der Waals surface area (Å²) in [6, 6.07) is 13.3. The number of methoxy groups -OCH3 is 2. The summed E-state index contributed by atoms with van der Waals surface area (Å²) in [5, 5.41) is 7.54. The van der Waals surface area contributed by atoms with Crippen molar-refractivity contribution in [3.63, 3.8) is 0 Å². The first-order valence-electron chi connectivity index (χ1n) is 9.98. The molecule has 0 bridgehead atoms. The van der Waals surface area contributed by atoms with E-state index < -0.39 is 0 Å². The van der Waals surface area contributed by atoms with Crippen LogP contribution in [0.25, 0.3) is 5.69 Å². The van der Waals surface area contributed by atoms with Gasteiger partial charge in [0.05, 0.1) is 32.7 Å². The lowest BCUT2D eigenvalue weighted by molar-refractivity contribution is -0.116. The smallest absolute Gasteiger partial charge is 0.226 e. The predicted molar refractivity (Wildman–Crippen MR) is 114 cm³/mol. The van der Waals surface area contributed by atoms with E-state index in [0.29, 0.717) is 30.3 Å². The van der Waals surface area contributed by atoms with E-state index in [1.165, 1.54) is 0 Å². The van der Waals surface area contributed by atoms with Gasteiger partial charge in [-0.25, -0.2) is 4.68 Å². The van der Waals surface area contributed by atoms with Crippen LogP contribution in [0.2, 0.25) is 0 Å². The minimum absolute atomic E-state index is 0.0629. The largest absolute Gasteiger partial charge is 0.497 e. The molecule has 1 aromatic heterocycles. The number of carbonyl (C=O) groups is 1. The highest BCUT2D eigenvalue weighted by Crippen LogP contribution is 2.44. The fourth-order valence-electron chi connectivity index (χ4n) is 3.74. The monoisotopic (exact) mass is 407 g/mol. The first-order chi connectivity index (χ1) is 14.7. The Hall–Kier alpha value is -3.48. The molecule has 0 saturated carbocycles. The van der Waals surface area contributed by atoms with E-state index in [-0.39, 0.29) is 11.8 Å². The van der Waals surface area contributed by atoms with Crippen molar-refractivity contribution >= 4 is 11.7 Å². The summed E-state index contributed by atoms with van der Waals surface area (Å²) in [5.74, 6) is 2.54. The molecule has 1 unspecified atom stereocenters. The maximum atomic E-state index is 12.6. The number of hydrogen-bond acceptors (Lipinski definition) is 5. The maximum absolute atomic E-state index is 12.6.